The molecule has 5 fully saturated rings. The van der Waals surface area contributed by atoms with Gasteiger partial charge < -0.3 is 20.1 Å². The number of pyridine rings is 1. The molecule has 0 aromatic carbocycles. The molecule has 7 nitrogen and oxygen atoms in total. The van der Waals surface area contributed by atoms with Crippen LogP contribution in [0.25, 0.3) is 11.3 Å². The average Bonchev–Trinajstić information content (AvgIpc) is 3.09. The Morgan fingerprint density at radius 3 is 2.57 bits per heavy atom. The van der Waals surface area contributed by atoms with E-state index in [9.17, 15) is 13.2 Å². The second-order valence-electron chi connectivity index (χ2n) is 8.67. The van der Waals surface area contributed by atoms with Gasteiger partial charge >= 0.3 is 6.36 Å². The molecule has 3 atom stereocenters. The third-order valence-electron chi connectivity index (χ3n) is 6.79. The third-order valence-corrected chi connectivity index (χ3v) is 6.79. The van der Waals surface area contributed by atoms with Gasteiger partial charge in [-0.15, -0.1) is 13.2 Å². The molecule has 1 unspecified atom stereocenters. The average molecular weight is 419 g/mol. The Hall–Kier alpha value is -2.62. The number of nitrogens with two attached hydrogens (primary N) is 1. The van der Waals surface area contributed by atoms with Gasteiger partial charge in [0.1, 0.15) is 0 Å². The molecule has 0 radical (unpaired) electrons. The molecule has 2 N–H and O–H groups in total. The smallest absolute Gasteiger partial charge is 0.402 e. The predicted octanol–water partition coefficient (Wildman–Crippen LogP) is 2.98. The van der Waals surface area contributed by atoms with Crippen LogP contribution in [0.15, 0.2) is 18.3 Å². The first-order valence-corrected chi connectivity index (χ1v) is 10.1. The maximum Gasteiger partial charge on any atom is 0.573 e. The summed E-state index contributed by atoms with van der Waals surface area (Å²) in [6.07, 6.45) is -1.12. The molecule has 2 aliphatic carbocycles. The summed E-state index contributed by atoms with van der Waals surface area (Å²) in [7, 11) is 0. The van der Waals surface area contributed by atoms with Crippen molar-refractivity contribution in [1.29, 1.82) is 0 Å². The van der Waals surface area contributed by atoms with Crippen molar-refractivity contribution in [2.24, 2.45) is 17.8 Å². The normalized spacial score (nSPS) is 31.4. The van der Waals surface area contributed by atoms with E-state index >= 15 is 0 Å². The fourth-order valence-electron chi connectivity index (χ4n) is 5.16. The summed E-state index contributed by atoms with van der Waals surface area (Å²) < 4.78 is 47.7. The topological polar surface area (TPSA) is 86.4 Å². The first kappa shape index (κ1) is 18.2. The van der Waals surface area contributed by atoms with Crippen molar-refractivity contribution in [3.8, 4) is 17.0 Å². The van der Waals surface area contributed by atoms with E-state index in [1.165, 1.54) is 12.3 Å². The molecule has 0 amide bonds. The van der Waals surface area contributed by atoms with Crippen LogP contribution in [0.4, 0.5) is 24.9 Å². The second-order valence-corrected chi connectivity index (χ2v) is 8.67. The Morgan fingerprint density at radius 2 is 1.90 bits per heavy atom. The lowest BCUT2D eigenvalue weighted by Crippen LogP contribution is -2.30. The molecular formula is C20H20F3N5O2. The van der Waals surface area contributed by atoms with Gasteiger partial charge in [0, 0.05) is 30.3 Å². The SMILES string of the molecule is Nc1ncc(-c2cc(C3[C@H]4COC[C@@H]34)nc(N3CC4CC3C4)n2)cc1OC(F)(F)F. The number of alkyl halides is 3. The second kappa shape index (κ2) is 6.19. The van der Waals surface area contributed by atoms with Gasteiger partial charge in [-0.05, 0) is 42.7 Å². The number of nitrogen functional groups attached to an aromatic ring is 1. The van der Waals surface area contributed by atoms with Crippen LogP contribution in [0.3, 0.4) is 0 Å². The number of halogens is 3. The molecule has 2 aromatic heterocycles. The third kappa shape index (κ3) is 2.96. The summed E-state index contributed by atoms with van der Waals surface area (Å²) in [5.41, 5.74) is 7.46. The standard InChI is InChI=1S/C20H20F3N5O2/c21-20(22,23)30-16-3-10(5-25-18(16)24)14-4-15(17-12-7-29-8-13(12)17)27-19(26-14)28-6-9-1-11(28)2-9/h3-5,9,11-13,17H,1-2,6-8H2,(H2,24,25)/t9?,11?,12-,13+,17?. The van der Waals surface area contributed by atoms with Crippen molar-refractivity contribution in [2.45, 2.75) is 31.2 Å². The highest BCUT2D eigenvalue weighted by Gasteiger charge is 2.56. The monoisotopic (exact) mass is 419 g/mol. The summed E-state index contributed by atoms with van der Waals surface area (Å²) in [4.78, 5) is 15.7. The van der Waals surface area contributed by atoms with Crippen LogP contribution in [0.1, 0.15) is 24.5 Å². The van der Waals surface area contributed by atoms with Crippen LogP contribution >= 0.6 is 0 Å². The van der Waals surface area contributed by atoms with Gasteiger partial charge in [-0.3, -0.25) is 0 Å². The Kier molecular flexibility index (Phi) is 3.75. The Labute approximate surface area is 170 Å². The zero-order valence-corrected chi connectivity index (χ0v) is 16.0. The summed E-state index contributed by atoms with van der Waals surface area (Å²) in [6.45, 7) is 2.38. The molecule has 2 bridgehead atoms. The summed E-state index contributed by atoms with van der Waals surface area (Å²) in [6, 6.07) is 3.55. The van der Waals surface area contributed by atoms with Crippen molar-refractivity contribution >= 4 is 11.8 Å². The molecule has 0 spiro atoms. The molecule has 2 aromatic rings. The Morgan fingerprint density at radius 1 is 1.13 bits per heavy atom. The highest BCUT2D eigenvalue weighted by atomic mass is 19.4. The minimum atomic E-state index is -4.85. The zero-order chi connectivity index (χ0) is 20.6. The summed E-state index contributed by atoms with van der Waals surface area (Å²) in [5.74, 6) is 1.71. The van der Waals surface area contributed by atoms with Crippen molar-refractivity contribution < 1.29 is 22.6 Å². The fourth-order valence-corrected chi connectivity index (χ4v) is 5.16. The molecule has 3 aliphatic heterocycles. The molecule has 10 heteroatoms. The minimum Gasteiger partial charge on any atom is -0.402 e. The molecular weight excluding hydrogens is 399 g/mol. The number of hydrogen-bond acceptors (Lipinski definition) is 7. The van der Waals surface area contributed by atoms with Gasteiger partial charge in [0.2, 0.25) is 5.95 Å². The van der Waals surface area contributed by atoms with Crippen molar-refractivity contribution in [3.63, 3.8) is 0 Å². The van der Waals surface area contributed by atoms with Crippen molar-refractivity contribution in [1.82, 2.24) is 15.0 Å². The number of nitrogens with zero attached hydrogens (tertiary/aromatic N) is 4. The number of hydrogen-bond donors (Lipinski definition) is 1. The van der Waals surface area contributed by atoms with Crippen LogP contribution in [-0.4, -0.2) is 47.1 Å². The fraction of sp³-hybridized carbons (Fsp3) is 0.550. The van der Waals surface area contributed by atoms with E-state index < -0.39 is 12.1 Å². The van der Waals surface area contributed by atoms with E-state index in [1.54, 1.807) is 0 Å². The molecule has 3 saturated heterocycles. The number of anilines is 2. The van der Waals surface area contributed by atoms with Gasteiger partial charge in [-0.1, -0.05) is 0 Å². The number of rotatable bonds is 4. The van der Waals surface area contributed by atoms with E-state index in [-0.39, 0.29) is 5.82 Å². The molecule has 158 valence electrons. The first-order chi connectivity index (χ1) is 14.4. The zero-order valence-electron chi connectivity index (χ0n) is 16.0. The summed E-state index contributed by atoms with van der Waals surface area (Å²) >= 11 is 0. The van der Waals surface area contributed by atoms with E-state index in [2.05, 4.69) is 14.6 Å². The van der Waals surface area contributed by atoms with Gasteiger partial charge in [0.05, 0.1) is 24.6 Å². The lowest BCUT2D eigenvalue weighted by molar-refractivity contribution is -0.274. The number of fused-ring (bicyclic) bond motifs is 2. The van der Waals surface area contributed by atoms with E-state index in [0.717, 1.165) is 38.3 Å². The van der Waals surface area contributed by atoms with Crippen LogP contribution in [0.2, 0.25) is 0 Å². The van der Waals surface area contributed by atoms with Crippen LogP contribution in [0, 0.1) is 17.8 Å². The molecule has 2 saturated carbocycles. The maximum atomic E-state index is 12.7. The van der Waals surface area contributed by atoms with E-state index in [0.29, 0.717) is 46.9 Å². The van der Waals surface area contributed by atoms with Crippen LogP contribution in [0.5, 0.6) is 5.75 Å². The maximum absolute atomic E-state index is 12.7. The summed E-state index contributed by atoms with van der Waals surface area (Å²) in [5, 5.41) is 0. The van der Waals surface area contributed by atoms with E-state index in [4.69, 9.17) is 20.4 Å². The largest absolute Gasteiger partial charge is 0.573 e. The van der Waals surface area contributed by atoms with E-state index in [1.807, 2.05) is 6.07 Å². The number of aromatic nitrogens is 3. The van der Waals surface area contributed by atoms with Crippen LogP contribution in [-0.2, 0) is 4.74 Å². The van der Waals surface area contributed by atoms with Gasteiger partial charge in [-0.2, -0.15) is 0 Å². The quantitative estimate of drug-likeness (QED) is 0.815. The van der Waals surface area contributed by atoms with Gasteiger partial charge in [0.25, 0.3) is 0 Å². The van der Waals surface area contributed by atoms with Gasteiger partial charge in [-0.25, -0.2) is 15.0 Å². The molecule has 7 rings (SSSR count). The lowest BCUT2D eigenvalue weighted by Gasteiger charge is -2.26. The molecule has 5 aliphatic rings. The highest BCUT2D eigenvalue weighted by Crippen LogP contribution is 2.57. The Bertz CT molecular complexity index is 1000. The van der Waals surface area contributed by atoms with Gasteiger partial charge in [0.15, 0.2) is 11.6 Å². The van der Waals surface area contributed by atoms with Crippen molar-refractivity contribution in [2.75, 3.05) is 30.4 Å². The Balaban J connectivity index is 1.40. The minimum absolute atomic E-state index is 0.310. The van der Waals surface area contributed by atoms with Crippen molar-refractivity contribution in [3.05, 3.63) is 24.0 Å². The highest BCUT2D eigenvalue weighted by molar-refractivity contribution is 5.66. The lowest BCUT2D eigenvalue weighted by atomic mass is 9.86. The molecule has 5 heterocycles. The predicted molar refractivity (Wildman–Crippen MR) is 101 cm³/mol. The first-order valence-electron chi connectivity index (χ1n) is 10.1. The number of ether oxygens (including phenoxy) is 2. The molecule has 30 heavy (non-hydrogen) atoms. The van der Waals surface area contributed by atoms with Crippen LogP contribution < -0.4 is 15.4 Å².